The molecular weight excluding hydrogens is 255 g/mol. The van der Waals surface area contributed by atoms with Crippen LogP contribution >= 0.6 is 0 Å². The van der Waals surface area contributed by atoms with Crippen molar-refractivity contribution in [2.75, 3.05) is 0 Å². The maximum absolute atomic E-state index is 3.94. The molecule has 0 aliphatic heterocycles. The van der Waals surface area contributed by atoms with Gasteiger partial charge in [0.25, 0.3) is 0 Å². The molecule has 0 saturated carbocycles. The Morgan fingerprint density at radius 1 is 0.750 bits per heavy atom. The fraction of sp³-hybridized carbons (Fsp3) is 0. The van der Waals surface area contributed by atoms with E-state index in [9.17, 15) is 0 Å². The molecular formula is C15H11As. The average molecular weight is 266 g/mol. The maximum atomic E-state index is 3.94. The first-order valence-electron chi connectivity index (χ1n) is 5.02. The molecule has 2 aromatic carbocycles. The van der Waals surface area contributed by atoms with Gasteiger partial charge in [0.05, 0.1) is 0 Å². The van der Waals surface area contributed by atoms with Crippen molar-refractivity contribution < 1.29 is 0 Å². The molecule has 0 heterocycles. The summed E-state index contributed by atoms with van der Waals surface area (Å²) in [5.74, 6) is 6.29. The monoisotopic (exact) mass is 266 g/mol. The van der Waals surface area contributed by atoms with E-state index in [0.29, 0.717) is 0 Å². The molecule has 0 aliphatic carbocycles. The average Bonchev–Trinajstić information content (AvgIpc) is 2.38. The van der Waals surface area contributed by atoms with Gasteiger partial charge in [-0.05, 0) is 0 Å². The van der Waals surface area contributed by atoms with Gasteiger partial charge >= 0.3 is 103 Å². The van der Waals surface area contributed by atoms with Crippen LogP contribution in [0.4, 0.5) is 0 Å². The van der Waals surface area contributed by atoms with Gasteiger partial charge < -0.3 is 0 Å². The summed E-state index contributed by atoms with van der Waals surface area (Å²) in [5, 5.41) is 3.94. The first kappa shape index (κ1) is 10.9. The molecule has 2 aromatic rings. The molecule has 0 nitrogen and oxygen atoms in total. The zero-order valence-corrected chi connectivity index (χ0v) is 10.7. The van der Waals surface area contributed by atoms with Crippen molar-refractivity contribution in [1.29, 1.82) is 0 Å². The molecule has 0 atom stereocenters. The minimum absolute atomic E-state index is 0.0743. The van der Waals surface area contributed by atoms with Crippen LogP contribution in [0.5, 0.6) is 0 Å². The molecule has 76 valence electrons. The molecule has 1 heteroatoms. The third kappa shape index (κ3) is 2.96. The fourth-order valence-electron chi connectivity index (χ4n) is 1.32. The summed E-state index contributed by atoms with van der Waals surface area (Å²) in [6.07, 6.45) is 0. The van der Waals surface area contributed by atoms with Crippen molar-refractivity contribution in [3.05, 3.63) is 65.7 Å². The van der Waals surface area contributed by atoms with E-state index in [0.717, 1.165) is 11.1 Å². The quantitative estimate of drug-likeness (QED) is 0.546. The molecule has 0 unspecified atom stereocenters. The van der Waals surface area contributed by atoms with Gasteiger partial charge in [0, 0.05) is 0 Å². The second-order valence-corrected chi connectivity index (χ2v) is 5.07. The third-order valence-electron chi connectivity index (χ3n) is 2.17. The van der Waals surface area contributed by atoms with E-state index < -0.39 is 0 Å². The minimum atomic E-state index is 0.0743. The van der Waals surface area contributed by atoms with E-state index in [1.54, 1.807) is 0 Å². The molecule has 0 aromatic heterocycles. The summed E-state index contributed by atoms with van der Waals surface area (Å²) in [4.78, 5) is 0. The Labute approximate surface area is 103 Å². The fourth-order valence-corrected chi connectivity index (χ4v) is 2.07. The van der Waals surface area contributed by atoms with Gasteiger partial charge in [-0.3, -0.25) is 0 Å². The summed E-state index contributed by atoms with van der Waals surface area (Å²) in [6.45, 7) is 0. The van der Waals surface area contributed by atoms with Crippen molar-refractivity contribution >= 4 is 25.0 Å². The van der Waals surface area contributed by atoms with E-state index in [1.807, 2.05) is 30.3 Å². The topological polar surface area (TPSA) is 0 Å². The molecule has 16 heavy (non-hydrogen) atoms. The van der Waals surface area contributed by atoms with Gasteiger partial charge in [-0.1, -0.05) is 0 Å². The number of hydrogen-bond acceptors (Lipinski definition) is 0. The summed E-state index contributed by atoms with van der Waals surface area (Å²) >= 11 is 0.0743. The predicted octanol–water partition coefficient (Wildman–Crippen LogP) is 1.85. The van der Waals surface area contributed by atoms with Crippen LogP contribution in [0.1, 0.15) is 11.1 Å². The summed E-state index contributed by atoms with van der Waals surface area (Å²) in [7, 11) is 0. The molecule has 0 fully saturated rings. The molecule has 0 amide bonds. The molecule has 2 rings (SSSR count). The van der Waals surface area contributed by atoms with Crippen LogP contribution in [-0.4, -0.2) is 20.6 Å². The Morgan fingerprint density at radius 3 is 1.88 bits per heavy atom. The van der Waals surface area contributed by atoms with E-state index in [2.05, 4.69) is 41.4 Å². The molecule has 0 spiro atoms. The van der Waals surface area contributed by atoms with E-state index in [-0.39, 0.29) is 15.3 Å². The number of benzene rings is 2. The number of hydrogen-bond donors (Lipinski definition) is 0. The van der Waals surface area contributed by atoms with Crippen molar-refractivity contribution in [2.24, 2.45) is 0 Å². The van der Waals surface area contributed by atoms with Gasteiger partial charge in [-0.15, -0.1) is 0 Å². The summed E-state index contributed by atoms with van der Waals surface area (Å²) in [6, 6.07) is 18.4. The molecule has 0 radical (unpaired) electrons. The number of rotatable bonds is 1. The van der Waals surface area contributed by atoms with Crippen molar-refractivity contribution in [1.82, 2.24) is 0 Å². The van der Waals surface area contributed by atoms with Crippen LogP contribution < -0.4 is 4.35 Å². The summed E-state index contributed by atoms with van der Waals surface area (Å²) in [5.41, 5.74) is 2.11. The van der Waals surface area contributed by atoms with Gasteiger partial charge in [0.1, 0.15) is 0 Å². The predicted molar refractivity (Wildman–Crippen MR) is 71.4 cm³/mol. The third-order valence-corrected chi connectivity index (χ3v) is 3.57. The molecule has 0 bridgehead atoms. The van der Waals surface area contributed by atoms with Crippen LogP contribution in [0, 0.1) is 11.8 Å². The molecule has 0 aliphatic rings. The first-order valence-corrected chi connectivity index (χ1v) is 7.29. The second-order valence-electron chi connectivity index (χ2n) is 3.32. The van der Waals surface area contributed by atoms with E-state index in [1.165, 1.54) is 4.35 Å². The van der Waals surface area contributed by atoms with Crippen LogP contribution in [-0.2, 0) is 0 Å². The zero-order valence-electron chi connectivity index (χ0n) is 8.85. The normalized spacial score (nSPS) is 9.50. The van der Waals surface area contributed by atoms with Crippen LogP contribution in [0.25, 0.3) is 0 Å². The van der Waals surface area contributed by atoms with Crippen molar-refractivity contribution in [3.63, 3.8) is 0 Å². The Hall–Kier alpha value is -1.57. The summed E-state index contributed by atoms with van der Waals surface area (Å²) < 4.78 is 1.33. The van der Waals surface area contributed by atoms with Crippen LogP contribution in [0.15, 0.2) is 54.6 Å². The van der Waals surface area contributed by atoms with E-state index >= 15 is 0 Å². The van der Waals surface area contributed by atoms with Gasteiger partial charge in [-0.25, -0.2) is 0 Å². The first-order chi connectivity index (χ1) is 7.88. The van der Waals surface area contributed by atoms with Crippen molar-refractivity contribution in [3.8, 4) is 11.8 Å². The zero-order chi connectivity index (χ0) is 11.2. The Balaban J connectivity index is 2.21. The van der Waals surface area contributed by atoms with Gasteiger partial charge in [-0.2, -0.15) is 0 Å². The Morgan fingerprint density at radius 2 is 1.31 bits per heavy atom. The standard InChI is InChI=1S/C15H11As/c1-16-15-11-9-14(10-12-15)8-7-13-5-3-2-4-6-13/h2-6,9-12H,1H2. The van der Waals surface area contributed by atoms with Crippen LogP contribution in [0.3, 0.4) is 0 Å². The van der Waals surface area contributed by atoms with Gasteiger partial charge in [0.15, 0.2) is 0 Å². The van der Waals surface area contributed by atoms with Gasteiger partial charge in [0.2, 0.25) is 0 Å². The molecule has 0 N–H and O–H groups in total. The van der Waals surface area contributed by atoms with Crippen molar-refractivity contribution in [2.45, 2.75) is 0 Å². The Bertz CT molecular complexity index is 527. The van der Waals surface area contributed by atoms with E-state index in [4.69, 9.17) is 0 Å². The SMILES string of the molecule is C=[As]c1ccc(C#Cc2ccccc2)cc1. The Kier molecular flexibility index (Phi) is 3.75. The molecule has 0 saturated heterocycles. The second kappa shape index (κ2) is 5.50. The van der Waals surface area contributed by atoms with Crippen LogP contribution in [0.2, 0.25) is 0 Å².